The second kappa shape index (κ2) is 7.41. The van der Waals surface area contributed by atoms with Crippen LogP contribution in [0.15, 0.2) is 30.3 Å². The van der Waals surface area contributed by atoms with Crippen molar-refractivity contribution < 1.29 is 19.7 Å². The number of rotatable bonds is 6. The van der Waals surface area contributed by atoms with E-state index >= 15 is 0 Å². The summed E-state index contributed by atoms with van der Waals surface area (Å²) in [5.41, 5.74) is 1.15. The molecule has 0 amide bonds. The SMILES string of the molecule is O=C(O)C1CC(CCOCc2ccccc2)CCC1O. The Kier molecular flexibility index (Phi) is 5.56. The van der Waals surface area contributed by atoms with Crippen molar-refractivity contribution in [2.24, 2.45) is 11.8 Å². The van der Waals surface area contributed by atoms with Gasteiger partial charge in [0, 0.05) is 6.61 Å². The molecular weight excluding hydrogens is 256 g/mol. The van der Waals surface area contributed by atoms with Crippen molar-refractivity contribution in [2.45, 2.75) is 38.4 Å². The average Bonchev–Trinajstić information content (AvgIpc) is 2.46. The van der Waals surface area contributed by atoms with Gasteiger partial charge in [0.2, 0.25) is 0 Å². The lowest BCUT2D eigenvalue weighted by Crippen LogP contribution is -2.35. The lowest BCUT2D eigenvalue weighted by atomic mass is 9.78. The molecule has 3 unspecified atom stereocenters. The van der Waals surface area contributed by atoms with E-state index in [4.69, 9.17) is 9.84 Å². The highest BCUT2D eigenvalue weighted by Crippen LogP contribution is 2.31. The molecule has 0 saturated heterocycles. The standard InChI is InChI=1S/C16H22O4/c17-15-7-6-12(10-14(15)16(18)19)8-9-20-11-13-4-2-1-3-5-13/h1-5,12,14-15,17H,6-11H2,(H,18,19). The van der Waals surface area contributed by atoms with E-state index in [1.54, 1.807) is 0 Å². The van der Waals surface area contributed by atoms with Crippen molar-refractivity contribution in [1.29, 1.82) is 0 Å². The van der Waals surface area contributed by atoms with Gasteiger partial charge in [0.25, 0.3) is 0 Å². The monoisotopic (exact) mass is 278 g/mol. The third kappa shape index (κ3) is 4.32. The summed E-state index contributed by atoms with van der Waals surface area (Å²) in [7, 11) is 0. The Balaban J connectivity index is 1.68. The first-order valence-corrected chi connectivity index (χ1v) is 7.19. The smallest absolute Gasteiger partial charge is 0.309 e. The molecule has 0 bridgehead atoms. The lowest BCUT2D eigenvalue weighted by molar-refractivity contribution is -0.148. The molecule has 1 saturated carbocycles. The van der Waals surface area contributed by atoms with Crippen molar-refractivity contribution in [3.63, 3.8) is 0 Å². The van der Waals surface area contributed by atoms with E-state index in [0.717, 1.165) is 18.4 Å². The van der Waals surface area contributed by atoms with E-state index in [9.17, 15) is 9.90 Å². The number of carboxylic acids is 1. The summed E-state index contributed by atoms with van der Waals surface area (Å²) >= 11 is 0. The van der Waals surface area contributed by atoms with Gasteiger partial charge in [-0.15, -0.1) is 0 Å². The fourth-order valence-electron chi connectivity index (χ4n) is 2.78. The Hall–Kier alpha value is -1.39. The van der Waals surface area contributed by atoms with Gasteiger partial charge in [-0.25, -0.2) is 0 Å². The summed E-state index contributed by atoms with van der Waals surface area (Å²) in [5.74, 6) is -1.15. The average molecular weight is 278 g/mol. The highest BCUT2D eigenvalue weighted by molar-refractivity contribution is 5.70. The van der Waals surface area contributed by atoms with Crippen LogP contribution in [0.5, 0.6) is 0 Å². The van der Waals surface area contributed by atoms with E-state index in [1.807, 2.05) is 30.3 Å². The third-order valence-corrected chi connectivity index (χ3v) is 4.02. The van der Waals surface area contributed by atoms with Crippen molar-refractivity contribution in [3.8, 4) is 0 Å². The summed E-state index contributed by atoms with van der Waals surface area (Å²) < 4.78 is 5.64. The molecule has 1 fully saturated rings. The fraction of sp³-hybridized carbons (Fsp3) is 0.562. The van der Waals surface area contributed by atoms with Gasteiger partial charge in [-0.1, -0.05) is 30.3 Å². The molecule has 1 aliphatic carbocycles. The molecule has 1 aromatic rings. The molecule has 1 aliphatic rings. The summed E-state index contributed by atoms with van der Waals surface area (Å²) in [6, 6.07) is 10.00. The summed E-state index contributed by atoms with van der Waals surface area (Å²) in [4.78, 5) is 11.0. The molecule has 0 aromatic heterocycles. The van der Waals surface area contributed by atoms with E-state index in [-0.39, 0.29) is 0 Å². The van der Waals surface area contributed by atoms with Gasteiger partial charge < -0.3 is 14.9 Å². The number of benzene rings is 1. The second-order valence-corrected chi connectivity index (χ2v) is 5.52. The molecule has 0 spiro atoms. The zero-order valence-electron chi connectivity index (χ0n) is 11.6. The van der Waals surface area contributed by atoms with E-state index < -0.39 is 18.0 Å². The van der Waals surface area contributed by atoms with E-state index in [1.165, 1.54) is 0 Å². The number of ether oxygens (including phenoxy) is 1. The zero-order chi connectivity index (χ0) is 14.4. The first-order valence-electron chi connectivity index (χ1n) is 7.19. The summed E-state index contributed by atoms with van der Waals surface area (Å²) in [6.07, 6.45) is 2.21. The van der Waals surface area contributed by atoms with Gasteiger partial charge >= 0.3 is 5.97 Å². The Morgan fingerprint density at radius 3 is 2.70 bits per heavy atom. The number of hydrogen-bond acceptors (Lipinski definition) is 3. The fourth-order valence-corrected chi connectivity index (χ4v) is 2.78. The minimum absolute atomic E-state index is 0.343. The molecule has 2 rings (SSSR count). The quantitative estimate of drug-likeness (QED) is 0.784. The van der Waals surface area contributed by atoms with Crippen LogP contribution in [0, 0.1) is 11.8 Å². The normalized spacial score (nSPS) is 26.4. The van der Waals surface area contributed by atoms with Crippen LogP contribution in [-0.2, 0) is 16.1 Å². The second-order valence-electron chi connectivity index (χ2n) is 5.52. The molecule has 4 nitrogen and oxygen atoms in total. The Bertz CT molecular complexity index is 418. The number of hydrogen-bond donors (Lipinski definition) is 2. The van der Waals surface area contributed by atoms with Gasteiger partial charge in [-0.2, -0.15) is 0 Å². The largest absolute Gasteiger partial charge is 0.481 e. The molecule has 20 heavy (non-hydrogen) atoms. The Morgan fingerprint density at radius 1 is 1.25 bits per heavy atom. The molecule has 3 atom stereocenters. The van der Waals surface area contributed by atoms with Crippen molar-refractivity contribution in [1.82, 2.24) is 0 Å². The van der Waals surface area contributed by atoms with Crippen molar-refractivity contribution in [2.75, 3.05) is 6.61 Å². The Morgan fingerprint density at radius 2 is 2.00 bits per heavy atom. The third-order valence-electron chi connectivity index (χ3n) is 4.02. The minimum atomic E-state index is -0.882. The van der Waals surface area contributed by atoms with Crippen LogP contribution in [0.1, 0.15) is 31.2 Å². The first kappa shape index (κ1) is 15.0. The van der Waals surface area contributed by atoms with Crippen LogP contribution in [0.4, 0.5) is 0 Å². The molecule has 1 aromatic carbocycles. The molecule has 4 heteroatoms. The number of aliphatic carboxylic acids is 1. The molecule has 0 aliphatic heterocycles. The minimum Gasteiger partial charge on any atom is -0.481 e. The zero-order valence-corrected chi connectivity index (χ0v) is 11.6. The predicted molar refractivity (Wildman–Crippen MR) is 75.2 cm³/mol. The van der Waals surface area contributed by atoms with Gasteiger partial charge in [-0.05, 0) is 37.2 Å². The van der Waals surface area contributed by atoms with Crippen molar-refractivity contribution in [3.05, 3.63) is 35.9 Å². The maximum Gasteiger partial charge on any atom is 0.309 e. The Labute approximate surface area is 119 Å². The summed E-state index contributed by atoms with van der Waals surface area (Å²) in [6.45, 7) is 1.24. The van der Waals surface area contributed by atoms with Crippen LogP contribution in [-0.4, -0.2) is 28.9 Å². The van der Waals surface area contributed by atoms with Crippen LogP contribution >= 0.6 is 0 Å². The van der Waals surface area contributed by atoms with Crippen LogP contribution in [0.25, 0.3) is 0 Å². The number of aliphatic hydroxyl groups is 1. The van der Waals surface area contributed by atoms with Gasteiger partial charge in [-0.3, -0.25) is 4.79 Å². The highest BCUT2D eigenvalue weighted by Gasteiger charge is 2.33. The van der Waals surface area contributed by atoms with Crippen LogP contribution in [0.3, 0.4) is 0 Å². The van der Waals surface area contributed by atoms with Crippen molar-refractivity contribution >= 4 is 5.97 Å². The predicted octanol–water partition coefficient (Wildman–Crippen LogP) is 2.46. The molecule has 2 N–H and O–H groups in total. The summed E-state index contributed by atoms with van der Waals surface area (Å²) in [5, 5.41) is 18.7. The van der Waals surface area contributed by atoms with Gasteiger partial charge in [0.1, 0.15) is 0 Å². The molecule has 110 valence electrons. The molecular formula is C16H22O4. The number of aliphatic hydroxyl groups excluding tert-OH is 1. The maximum absolute atomic E-state index is 11.0. The first-order chi connectivity index (χ1) is 9.66. The maximum atomic E-state index is 11.0. The lowest BCUT2D eigenvalue weighted by Gasteiger charge is -2.30. The topological polar surface area (TPSA) is 66.8 Å². The number of carboxylic acid groups (broad SMARTS) is 1. The number of carbonyl (C=O) groups is 1. The molecule has 0 heterocycles. The van der Waals surface area contributed by atoms with Gasteiger partial charge in [0.05, 0.1) is 18.6 Å². The van der Waals surface area contributed by atoms with Crippen LogP contribution in [0.2, 0.25) is 0 Å². The highest BCUT2D eigenvalue weighted by atomic mass is 16.5. The van der Waals surface area contributed by atoms with Gasteiger partial charge in [0.15, 0.2) is 0 Å². The van der Waals surface area contributed by atoms with E-state index in [0.29, 0.717) is 32.0 Å². The van der Waals surface area contributed by atoms with E-state index in [2.05, 4.69) is 0 Å². The molecule has 0 radical (unpaired) electrons. The van der Waals surface area contributed by atoms with Crippen LogP contribution < -0.4 is 0 Å².